The zero-order valence-electron chi connectivity index (χ0n) is 9.28. The van der Waals surface area contributed by atoms with E-state index in [4.69, 9.17) is 5.73 Å². The minimum Gasteiger partial charge on any atom is -0.369 e. The molecule has 4 nitrogen and oxygen atoms in total. The van der Waals surface area contributed by atoms with Gasteiger partial charge < -0.3 is 11.1 Å². The first kappa shape index (κ1) is 12.1. The van der Waals surface area contributed by atoms with E-state index >= 15 is 0 Å². The van der Waals surface area contributed by atoms with E-state index in [0.29, 0.717) is 6.54 Å². The first-order chi connectivity index (χ1) is 7.00. The third-order valence-corrected chi connectivity index (χ3v) is 3.32. The van der Waals surface area contributed by atoms with Gasteiger partial charge in [0.2, 0.25) is 5.91 Å². The van der Waals surface area contributed by atoms with Gasteiger partial charge in [-0.2, -0.15) is 0 Å². The van der Waals surface area contributed by atoms with E-state index in [1.54, 1.807) is 11.3 Å². The third kappa shape index (κ3) is 3.60. The molecule has 0 spiro atoms. The van der Waals surface area contributed by atoms with E-state index in [1.165, 1.54) is 4.88 Å². The quantitative estimate of drug-likeness (QED) is 0.795. The highest BCUT2D eigenvalue weighted by atomic mass is 32.1. The number of thiazole rings is 1. The molecular weight excluding hydrogens is 210 g/mol. The molecule has 0 saturated heterocycles. The first-order valence-corrected chi connectivity index (χ1v) is 5.77. The van der Waals surface area contributed by atoms with Gasteiger partial charge in [0.1, 0.15) is 5.01 Å². The second-order valence-corrected chi connectivity index (χ2v) is 5.01. The van der Waals surface area contributed by atoms with E-state index in [-0.39, 0.29) is 17.9 Å². The van der Waals surface area contributed by atoms with Crippen LogP contribution in [0.4, 0.5) is 0 Å². The van der Waals surface area contributed by atoms with E-state index < -0.39 is 0 Å². The Labute approximate surface area is 93.9 Å². The lowest BCUT2D eigenvalue weighted by molar-refractivity contribution is -0.121. The van der Waals surface area contributed by atoms with Crippen LogP contribution >= 0.6 is 11.3 Å². The van der Waals surface area contributed by atoms with Gasteiger partial charge in [0.25, 0.3) is 0 Å². The van der Waals surface area contributed by atoms with Crippen molar-refractivity contribution in [3.8, 4) is 0 Å². The predicted molar refractivity (Wildman–Crippen MR) is 61.6 cm³/mol. The number of rotatable bonds is 5. The maximum atomic E-state index is 10.8. The summed E-state index contributed by atoms with van der Waals surface area (Å²) in [5.74, 6) is -0.418. The number of carbonyl (C=O) groups excluding carboxylic acids is 1. The molecule has 2 unspecified atom stereocenters. The molecule has 0 aliphatic rings. The highest BCUT2D eigenvalue weighted by Gasteiger charge is 2.13. The van der Waals surface area contributed by atoms with Crippen molar-refractivity contribution in [1.82, 2.24) is 10.3 Å². The van der Waals surface area contributed by atoms with Gasteiger partial charge in [-0.15, -0.1) is 11.3 Å². The van der Waals surface area contributed by atoms with Gasteiger partial charge in [-0.25, -0.2) is 4.98 Å². The summed E-state index contributed by atoms with van der Waals surface area (Å²) in [5.41, 5.74) is 5.17. The molecule has 2 atom stereocenters. The molecule has 0 aliphatic heterocycles. The van der Waals surface area contributed by atoms with Crippen molar-refractivity contribution in [2.24, 2.45) is 11.7 Å². The lowest BCUT2D eigenvalue weighted by Crippen LogP contribution is -2.32. The van der Waals surface area contributed by atoms with E-state index in [1.807, 2.05) is 27.0 Å². The molecule has 0 aliphatic carbocycles. The van der Waals surface area contributed by atoms with Crippen molar-refractivity contribution in [2.45, 2.75) is 26.8 Å². The number of nitrogens with zero attached hydrogens (tertiary/aromatic N) is 1. The molecule has 3 N–H and O–H groups in total. The number of hydrogen-bond donors (Lipinski definition) is 2. The van der Waals surface area contributed by atoms with Crippen molar-refractivity contribution < 1.29 is 4.79 Å². The smallest absolute Gasteiger partial charge is 0.221 e. The van der Waals surface area contributed by atoms with Gasteiger partial charge in [0.05, 0.1) is 6.04 Å². The Morgan fingerprint density at radius 1 is 1.67 bits per heavy atom. The summed E-state index contributed by atoms with van der Waals surface area (Å²) in [6.45, 7) is 6.47. The van der Waals surface area contributed by atoms with Gasteiger partial charge in [-0.1, -0.05) is 6.92 Å². The molecule has 0 fully saturated rings. The minimum absolute atomic E-state index is 0.145. The van der Waals surface area contributed by atoms with E-state index in [9.17, 15) is 4.79 Å². The molecule has 0 bridgehead atoms. The maximum absolute atomic E-state index is 10.8. The number of aromatic nitrogens is 1. The standard InChI is InChI=1S/C10H17N3OS/c1-6(9(11)14)4-12-8(3)10-13-5-7(2)15-10/h5-6,8,12H,4H2,1-3H3,(H2,11,14). The summed E-state index contributed by atoms with van der Waals surface area (Å²) >= 11 is 1.67. The zero-order valence-corrected chi connectivity index (χ0v) is 10.1. The average Bonchev–Trinajstić information content (AvgIpc) is 2.60. The molecule has 84 valence electrons. The van der Waals surface area contributed by atoms with Gasteiger partial charge in [-0.3, -0.25) is 4.79 Å². The number of aryl methyl sites for hydroxylation is 1. The molecule has 15 heavy (non-hydrogen) atoms. The summed E-state index contributed by atoms with van der Waals surface area (Å²) < 4.78 is 0. The SMILES string of the molecule is Cc1cnc(C(C)NCC(C)C(N)=O)s1. The summed E-state index contributed by atoms with van der Waals surface area (Å²) in [7, 11) is 0. The fraction of sp³-hybridized carbons (Fsp3) is 0.600. The second-order valence-electron chi connectivity index (χ2n) is 3.74. The monoisotopic (exact) mass is 227 g/mol. The van der Waals surface area contributed by atoms with Crippen molar-refractivity contribution in [3.05, 3.63) is 16.1 Å². The van der Waals surface area contributed by atoms with Crippen molar-refractivity contribution in [1.29, 1.82) is 0 Å². The predicted octanol–water partition coefficient (Wildman–Crippen LogP) is 1.22. The van der Waals surface area contributed by atoms with Crippen LogP contribution in [0.5, 0.6) is 0 Å². The fourth-order valence-electron chi connectivity index (χ4n) is 1.11. The normalized spacial score (nSPS) is 14.9. The topological polar surface area (TPSA) is 68.0 Å². The van der Waals surface area contributed by atoms with Crippen LogP contribution in [0.3, 0.4) is 0 Å². The van der Waals surface area contributed by atoms with Crippen LogP contribution in [-0.2, 0) is 4.79 Å². The van der Waals surface area contributed by atoms with Crippen LogP contribution in [0.2, 0.25) is 0 Å². The van der Waals surface area contributed by atoms with Gasteiger partial charge in [0.15, 0.2) is 0 Å². The lowest BCUT2D eigenvalue weighted by atomic mass is 10.1. The Bertz CT molecular complexity index is 337. The van der Waals surface area contributed by atoms with Gasteiger partial charge in [-0.05, 0) is 13.8 Å². The summed E-state index contributed by atoms with van der Waals surface area (Å²) in [6, 6.07) is 0.172. The largest absolute Gasteiger partial charge is 0.369 e. The Balaban J connectivity index is 2.43. The first-order valence-electron chi connectivity index (χ1n) is 4.95. The summed E-state index contributed by atoms with van der Waals surface area (Å²) in [5, 5.41) is 4.29. The van der Waals surface area contributed by atoms with Crippen LogP contribution in [-0.4, -0.2) is 17.4 Å². The van der Waals surface area contributed by atoms with E-state index in [0.717, 1.165) is 5.01 Å². The molecule has 5 heteroatoms. The molecular formula is C10H17N3OS. The molecule has 0 saturated carbocycles. The van der Waals surface area contributed by atoms with Crippen molar-refractivity contribution >= 4 is 17.2 Å². The molecule has 1 rings (SSSR count). The Morgan fingerprint density at radius 2 is 2.33 bits per heavy atom. The Hall–Kier alpha value is -0.940. The van der Waals surface area contributed by atoms with Crippen LogP contribution < -0.4 is 11.1 Å². The van der Waals surface area contributed by atoms with Crippen molar-refractivity contribution in [2.75, 3.05) is 6.54 Å². The average molecular weight is 227 g/mol. The van der Waals surface area contributed by atoms with Crippen LogP contribution in [0.15, 0.2) is 6.20 Å². The minimum atomic E-state index is -0.273. The van der Waals surface area contributed by atoms with Crippen LogP contribution in [0.25, 0.3) is 0 Å². The Morgan fingerprint density at radius 3 is 2.80 bits per heavy atom. The molecule has 1 heterocycles. The third-order valence-electron chi connectivity index (χ3n) is 2.23. The molecule has 1 amide bonds. The summed E-state index contributed by atoms with van der Waals surface area (Å²) in [4.78, 5) is 16.3. The number of nitrogens with two attached hydrogens (primary N) is 1. The fourth-order valence-corrected chi connectivity index (χ4v) is 1.91. The van der Waals surface area contributed by atoms with Crippen LogP contribution in [0, 0.1) is 12.8 Å². The molecule has 1 aromatic rings. The number of primary amides is 1. The lowest BCUT2D eigenvalue weighted by Gasteiger charge is -2.13. The van der Waals surface area contributed by atoms with Gasteiger partial charge in [0, 0.05) is 23.5 Å². The molecule has 0 radical (unpaired) electrons. The zero-order chi connectivity index (χ0) is 11.4. The van der Waals surface area contributed by atoms with Crippen molar-refractivity contribution in [3.63, 3.8) is 0 Å². The maximum Gasteiger partial charge on any atom is 0.221 e. The van der Waals surface area contributed by atoms with E-state index in [2.05, 4.69) is 10.3 Å². The summed E-state index contributed by atoms with van der Waals surface area (Å²) in [6.07, 6.45) is 1.86. The number of nitrogens with one attached hydrogen (secondary N) is 1. The van der Waals surface area contributed by atoms with Gasteiger partial charge >= 0.3 is 0 Å². The van der Waals surface area contributed by atoms with Crippen LogP contribution in [0.1, 0.15) is 29.8 Å². The number of carbonyl (C=O) groups is 1. The number of hydrogen-bond acceptors (Lipinski definition) is 4. The second kappa shape index (κ2) is 5.23. The highest BCUT2D eigenvalue weighted by molar-refractivity contribution is 7.11. The molecule has 1 aromatic heterocycles. The molecule has 0 aromatic carbocycles. The number of amides is 1. The Kier molecular flexibility index (Phi) is 4.23. The highest BCUT2D eigenvalue weighted by Crippen LogP contribution is 2.18.